The molecule has 1 saturated heterocycles. The monoisotopic (exact) mass is 339 g/mol. The van der Waals surface area contributed by atoms with Gasteiger partial charge in [-0.25, -0.2) is 0 Å². The summed E-state index contributed by atoms with van der Waals surface area (Å²) < 4.78 is 5.71. The van der Waals surface area contributed by atoms with Gasteiger partial charge in [-0.05, 0) is 18.1 Å². The van der Waals surface area contributed by atoms with Crippen LogP contribution in [0.1, 0.15) is 13.8 Å². The number of rotatable bonds is 6. The van der Waals surface area contributed by atoms with Gasteiger partial charge in [0.25, 0.3) is 0 Å². The molecular weight excluding hydrogens is 314 g/mol. The van der Waals surface area contributed by atoms with Gasteiger partial charge >= 0.3 is 0 Å². The molecule has 0 spiro atoms. The van der Waals surface area contributed by atoms with Gasteiger partial charge in [0.05, 0.1) is 11.1 Å². The number of para-hydroxylation sites is 1. The summed E-state index contributed by atoms with van der Waals surface area (Å²) in [7, 11) is 0. The van der Waals surface area contributed by atoms with E-state index in [1.165, 1.54) is 0 Å². The van der Waals surface area contributed by atoms with Crippen molar-refractivity contribution < 1.29 is 9.53 Å². The van der Waals surface area contributed by atoms with Crippen molar-refractivity contribution in [3.63, 3.8) is 0 Å². The zero-order valence-electron chi connectivity index (χ0n) is 13.9. The Morgan fingerprint density at radius 1 is 1.26 bits per heavy atom. The molecule has 0 radical (unpaired) electrons. The van der Waals surface area contributed by atoms with Crippen LogP contribution in [0.5, 0.6) is 5.75 Å². The van der Waals surface area contributed by atoms with Gasteiger partial charge in [-0.3, -0.25) is 9.69 Å². The molecule has 0 bridgehead atoms. The quantitative estimate of drug-likeness (QED) is 0.859. The fourth-order valence-corrected chi connectivity index (χ4v) is 2.72. The van der Waals surface area contributed by atoms with Gasteiger partial charge in [0.15, 0.2) is 0 Å². The highest BCUT2D eigenvalue weighted by Gasteiger charge is 2.26. The SMILES string of the molecule is CC(C)[C@H](N)C(=O)N1CCN(CCOc2ccccc2Cl)CC1. The standard InChI is InChI=1S/C17H26ClN3O2/c1-13(2)16(19)17(22)21-9-7-20(8-10-21)11-12-23-15-6-4-3-5-14(15)18/h3-6,13,16H,7-12,19H2,1-2H3/t16-/m0/s1. The minimum atomic E-state index is -0.398. The molecular formula is C17H26ClN3O2. The fraction of sp³-hybridized carbons (Fsp3) is 0.588. The van der Waals surface area contributed by atoms with Crippen molar-refractivity contribution in [2.24, 2.45) is 11.7 Å². The number of ether oxygens (including phenoxy) is 1. The van der Waals surface area contributed by atoms with E-state index in [-0.39, 0.29) is 11.8 Å². The lowest BCUT2D eigenvalue weighted by Crippen LogP contribution is -2.54. The first kappa shape index (κ1) is 18.0. The summed E-state index contributed by atoms with van der Waals surface area (Å²) in [4.78, 5) is 16.4. The highest BCUT2D eigenvalue weighted by molar-refractivity contribution is 6.32. The van der Waals surface area contributed by atoms with Gasteiger partial charge in [0.2, 0.25) is 5.91 Å². The van der Waals surface area contributed by atoms with Crippen molar-refractivity contribution in [3.8, 4) is 5.75 Å². The molecule has 0 unspecified atom stereocenters. The Kier molecular flexibility index (Phi) is 6.69. The van der Waals surface area contributed by atoms with Crippen molar-refractivity contribution in [2.45, 2.75) is 19.9 Å². The van der Waals surface area contributed by atoms with Crippen LogP contribution in [0, 0.1) is 5.92 Å². The Morgan fingerprint density at radius 3 is 2.52 bits per heavy atom. The van der Waals surface area contributed by atoms with Crippen LogP contribution in [0.25, 0.3) is 0 Å². The zero-order valence-corrected chi connectivity index (χ0v) is 14.6. The van der Waals surface area contributed by atoms with Crippen molar-refractivity contribution in [2.75, 3.05) is 39.3 Å². The minimum Gasteiger partial charge on any atom is -0.491 e. The first-order valence-corrected chi connectivity index (χ1v) is 8.51. The smallest absolute Gasteiger partial charge is 0.239 e. The molecule has 1 aliphatic heterocycles. The maximum absolute atomic E-state index is 12.2. The van der Waals surface area contributed by atoms with E-state index in [0.717, 1.165) is 32.7 Å². The number of nitrogens with zero attached hydrogens (tertiary/aromatic N) is 2. The third-order valence-corrected chi connectivity index (χ3v) is 4.50. The molecule has 1 aliphatic rings. The molecule has 1 aromatic rings. The highest BCUT2D eigenvalue weighted by atomic mass is 35.5. The van der Waals surface area contributed by atoms with Gasteiger partial charge in [-0.2, -0.15) is 0 Å². The van der Waals surface area contributed by atoms with Crippen molar-refractivity contribution >= 4 is 17.5 Å². The third-order valence-electron chi connectivity index (χ3n) is 4.19. The first-order chi connectivity index (χ1) is 11.0. The lowest BCUT2D eigenvalue weighted by molar-refractivity contribution is -0.135. The van der Waals surface area contributed by atoms with E-state index in [4.69, 9.17) is 22.1 Å². The lowest BCUT2D eigenvalue weighted by Gasteiger charge is -2.36. The Labute approximate surface area is 143 Å². The van der Waals surface area contributed by atoms with Crippen LogP contribution < -0.4 is 10.5 Å². The van der Waals surface area contributed by atoms with E-state index < -0.39 is 6.04 Å². The van der Waals surface area contributed by atoms with Crippen molar-refractivity contribution in [1.82, 2.24) is 9.80 Å². The molecule has 2 rings (SSSR count). The number of amides is 1. The average molecular weight is 340 g/mol. The van der Waals surface area contributed by atoms with Crippen LogP contribution >= 0.6 is 11.6 Å². The summed E-state index contributed by atoms with van der Waals surface area (Å²) in [5.41, 5.74) is 5.95. The Hall–Kier alpha value is -1.30. The molecule has 1 atom stereocenters. The van der Waals surface area contributed by atoms with Crippen LogP contribution in [0.4, 0.5) is 0 Å². The molecule has 1 fully saturated rings. The molecule has 128 valence electrons. The predicted octanol–water partition coefficient (Wildman–Crippen LogP) is 1.85. The number of hydrogen-bond acceptors (Lipinski definition) is 4. The zero-order chi connectivity index (χ0) is 16.8. The normalized spacial score (nSPS) is 17.3. The second-order valence-corrected chi connectivity index (χ2v) is 6.62. The number of halogens is 1. The fourth-order valence-electron chi connectivity index (χ4n) is 2.53. The van der Waals surface area contributed by atoms with Gasteiger partial charge in [-0.15, -0.1) is 0 Å². The summed E-state index contributed by atoms with van der Waals surface area (Å²) in [5.74, 6) is 0.947. The first-order valence-electron chi connectivity index (χ1n) is 8.13. The lowest BCUT2D eigenvalue weighted by atomic mass is 10.0. The number of piperazine rings is 1. The second-order valence-electron chi connectivity index (χ2n) is 6.22. The largest absolute Gasteiger partial charge is 0.491 e. The summed E-state index contributed by atoms with van der Waals surface area (Å²) in [6.45, 7) is 8.52. The Balaban J connectivity index is 1.71. The Morgan fingerprint density at radius 2 is 1.91 bits per heavy atom. The molecule has 0 saturated carbocycles. The molecule has 5 nitrogen and oxygen atoms in total. The Bertz CT molecular complexity index is 516. The number of hydrogen-bond donors (Lipinski definition) is 1. The topological polar surface area (TPSA) is 58.8 Å². The third kappa shape index (κ3) is 5.09. The maximum Gasteiger partial charge on any atom is 0.239 e. The van der Waals surface area contributed by atoms with E-state index >= 15 is 0 Å². The van der Waals surface area contributed by atoms with E-state index in [9.17, 15) is 4.79 Å². The van der Waals surface area contributed by atoms with Crippen LogP contribution in [0.2, 0.25) is 5.02 Å². The molecule has 1 heterocycles. The van der Waals surface area contributed by atoms with Crippen molar-refractivity contribution in [1.29, 1.82) is 0 Å². The van der Waals surface area contributed by atoms with Crippen LogP contribution in [-0.2, 0) is 4.79 Å². The number of carbonyl (C=O) groups excluding carboxylic acids is 1. The average Bonchev–Trinajstić information content (AvgIpc) is 2.56. The molecule has 1 amide bonds. The van der Waals surface area contributed by atoms with Crippen molar-refractivity contribution in [3.05, 3.63) is 29.3 Å². The van der Waals surface area contributed by atoms with Gasteiger partial charge < -0.3 is 15.4 Å². The summed E-state index contributed by atoms with van der Waals surface area (Å²) in [5, 5.41) is 0.630. The minimum absolute atomic E-state index is 0.0620. The number of nitrogens with two attached hydrogens (primary N) is 1. The second kappa shape index (κ2) is 8.52. The molecule has 0 aliphatic carbocycles. The summed E-state index contributed by atoms with van der Waals surface area (Å²) >= 11 is 6.06. The summed E-state index contributed by atoms with van der Waals surface area (Å²) in [6, 6.07) is 7.08. The predicted molar refractivity (Wildman–Crippen MR) is 92.8 cm³/mol. The van der Waals surface area contributed by atoms with Crippen LogP contribution in [0.15, 0.2) is 24.3 Å². The molecule has 1 aromatic carbocycles. The van der Waals surface area contributed by atoms with E-state index in [2.05, 4.69) is 4.90 Å². The number of carbonyl (C=O) groups is 1. The van der Waals surface area contributed by atoms with Crippen LogP contribution in [0.3, 0.4) is 0 Å². The maximum atomic E-state index is 12.2. The van der Waals surface area contributed by atoms with Crippen LogP contribution in [-0.4, -0.2) is 61.1 Å². The summed E-state index contributed by atoms with van der Waals surface area (Å²) in [6.07, 6.45) is 0. The molecule has 2 N–H and O–H groups in total. The molecule has 6 heteroatoms. The van der Waals surface area contributed by atoms with Gasteiger partial charge in [0.1, 0.15) is 12.4 Å². The van der Waals surface area contributed by atoms with E-state index in [1.54, 1.807) is 0 Å². The molecule has 0 aromatic heterocycles. The highest BCUT2D eigenvalue weighted by Crippen LogP contribution is 2.22. The molecule has 23 heavy (non-hydrogen) atoms. The van der Waals surface area contributed by atoms with E-state index in [0.29, 0.717) is 17.4 Å². The number of benzene rings is 1. The van der Waals surface area contributed by atoms with E-state index in [1.807, 2.05) is 43.0 Å². The van der Waals surface area contributed by atoms with Gasteiger partial charge in [-0.1, -0.05) is 37.6 Å². The van der Waals surface area contributed by atoms with Gasteiger partial charge in [0, 0.05) is 32.7 Å².